The molecule has 1 aliphatic rings. The maximum absolute atomic E-state index is 12.6. The zero-order valence-electron chi connectivity index (χ0n) is 15.3. The Labute approximate surface area is 171 Å². The first-order chi connectivity index (χ1) is 13.4. The van der Waals surface area contributed by atoms with Crippen molar-refractivity contribution in [2.45, 2.75) is 17.4 Å². The van der Waals surface area contributed by atoms with Gasteiger partial charge in [0, 0.05) is 35.0 Å². The van der Waals surface area contributed by atoms with Crippen molar-refractivity contribution in [1.29, 1.82) is 0 Å². The number of thiophene rings is 2. The molecule has 0 saturated heterocycles. The van der Waals surface area contributed by atoms with Crippen molar-refractivity contribution < 1.29 is 17.9 Å². The van der Waals surface area contributed by atoms with Gasteiger partial charge in [-0.05, 0) is 30.3 Å². The van der Waals surface area contributed by atoms with Crippen LogP contribution in [0.1, 0.15) is 20.1 Å². The van der Waals surface area contributed by atoms with Gasteiger partial charge in [-0.25, -0.2) is 12.7 Å². The molecule has 0 aliphatic carbocycles. The molecule has 0 radical (unpaired) electrons. The molecule has 1 aromatic carbocycles. The topological polar surface area (TPSA) is 75.7 Å². The maximum Gasteiger partial charge on any atom is 0.261 e. The molecule has 0 fully saturated rings. The molecule has 1 amide bonds. The van der Waals surface area contributed by atoms with E-state index >= 15 is 0 Å². The van der Waals surface area contributed by atoms with E-state index < -0.39 is 10.0 Å². The van der Waals surface area contributed by atoms with Crippen LogP contribution in [-0.2, 0) is 23.2 Å². The normalized spacial score (nSPS) is 13.0. The zero-order valence-corrected chi connectivity index (χ0v) is 17.7. The van der Waals surface area contributed by atoms with Crippen LogP contribution in [-0.4, -0.2) is 32.7 Å². The number of fused-ring (bicyclic) bond motifs is 3. The molecule has 1 aliphatic heterocycles. The van der Waals surface area contributed by atoms with Crippen LogP contribution >= 0.6 is 22.7 Å². The molecule has 0 bridgehead atoms. The summed E-state index contributed by atoms with van der Waals surface area (Å²) in [6, 6.07) is 13.0. The Hall–Kier alpha value is -2.20. The van der Waals surface area contributed by atoms with E-state index in [0.717, 1.165) is 38.0 Å². The van der Waals surface area contributed by atoms with Gasteiger partial charge in [-0.2, -0.15) is 0 Å². The number of hydrogen-bond donors (Lipinski definition) is 1. The summed E-state index contributed by atoms with van der Waals surface area (Å²) in [5.41, 5.74) is 2.01. The lowest BCUT2D eigenvalue weighted by Gasteiger charge is -2.16. The minimum Gasteiger partial charge on any atom is -0.488 e. The number of nitrogens with zero attached hydrogens (tertiary/aromatic N) is 1. The van der Waals surface area contributed by atoms with E-state index in [2.05, 4.69) is 5.32 Å². The van der Waals surface area contributed by atoms with Gasteiger partial charge in [-0.15, -0.1) is 22.7 Å². The average Bonchev–Trinajstić information content (AvgIpc) is 3.33. The van der Waals surface area contributed by atoms with E-state index in [0.29, 0.717) is 11.5 Å². The maximum atomic E-state index is 12.6. The zero-order chi connectivity index (χ0) is 19.9. The third-order valence-corrected chi connectivity index (χ3v) is 8.92. The number of para-hydroxylation sites is 1. The van der Waals surface area contributed by atoms with Gasteiger partial charge in [0.05, 0.1) is 11.4 Å². The molecule has 1 N–H and O–H groups in total. The number of benzene rings is 1. The summed E-state index contributed by atoms with van der Waals surface area (Å²) in [6.45, 7) is 0.731. The van der Waals surface area contributed by atoms with Crippen LogP contribution in [0.25, 0.3) is 10.4 Å². The first kappa shape index (κ1) is 19.1. The summed E-state index contributed by atoms with van der Waals surface area (Å²) < 4.78 is 31.5. The first-order valence-corrected chi connectivity index (χ1v) is 11.6. The van der Waals surface area contributed by atoms with Crippen LogP contribution in [0, 0.1) is 0 Å². The molecule has 146 valence electrons. The quantitative estimate of drug-likeness (QED) is 0.666. The smallest absolute Gasteiger partial charge is 0.261 e. The first-order valence-electron chi connectivity index (χ1n) is 8.50. The highest BCUT2D eigenvalue weighted by Gasteiger charge is 2.23. The number of rotatable bonds is 5. The van der Waals surface area contributed by atoms with Crippen molar-refractivity contribution in [2.24, 2.45) is 0 Å². The van der Waals surface area contributed by atoms with Gasteiger partial charge >= 0.3 is 0 Å². The number of amides is 1. The number of ether oxygens (including phenoxy) is 1. The molecule has 3 aromatic rings. The monoisotopic (exact) mass is 434 g/mol. The average molecular weight is 435 g/mol. The molecule has 4 rings (SSSR count). The number of sulfonamides is 1. The van der Waals surface area contributed by atoms with E-state index in [4.69, 9.17) is 4.74 Å². The van der Waals surface area contributed by atoms with Crippen LogP contribution < -0.4 is 10.1 Å². The predicted molar refractivity (Wildman–Crippen MR) is 110 cm³/mol. The lowest BCUT2D eigenvalue weighted by molar-refractivity contribution is 0.0955. The van der Waals surface area contributed by atoms with Crippen LogP contribution in [0.5, 0.6) is 5.75 Å². The van der Waals surface area contributed by atoms with Crippen molar-refractivity contribution in [3.05, 3.63) is 57.8 Å². The number of hydrogen-bond acceptors (Lipinski definition) is 6. The van der Waals surface area contributed by atoms with Gasteiger partial charge in [0.25, 0.3) is 15.9 Å². The van der Waals surface area contributed by atoms with E-state index in [1.54, 1.807) is 12.1 Å². The fourth-order valence-corrected chi connectivity index (χ4v) is 6.42. The van der Waals surface area contributed by atoms with Crippen molar-refractivity contribution in [1.82, 2.24) is 9.62 Å². The third kappa shape index (κ3) is 3.46. The highest BCUT2D eigenvalue weighted by atomic mass is 32.2. The molecule has 6 nitrogen and oxygen atoms in total. The standard InChI is InChI=1S/C19H18N2O4S3/c1-21(2)28(23,24)17-8-7-13(26-17)10-20-19(22)16-9-12-11-25-15-6-4-3-5-14(15)18(12)27-16/h3-9H,10-11H2,1-2H3,(H,20,22). The SMILES string of the molecule is CN(C)S(=O)(=O)c1ccc(CNC(=O)c2cc3c(s2)-c2ccccc2OC3)s1. The lowest BCUT2D eigenvalue weighted by Crippen LogP contribution is -2.21. The van der Waals surface area contributed by atoms with Crippen LogP contribution in [0.2, 0.25) is 0 Å². The van der Waals surface area contributed by atoms with Crippen molar-refractivity contribution in [2.75, 3.05) is 14.1 Å². The number of nitrogens with one attached hydrogen (secondary N) is 1. The molecule has 9 heteroatoms. The van der Waals surface area contributed by atoms with Gasteiger partial charge in [0.15, 0.2) is 0 Å². The van der Waals surface area contributed by atoms with Crippen molar-refractivity contribution in [3.8, 4) is 16.2 Å². The van der Waals surface area contributed by atoms with Gasteiger partial charge in [0.2, 0.25) is 0 Å². The Morgan fingerprint density at radius 3 is 2.75 bits per heavy atom. The summed E-state index contributed by atoms with van der Waals surface area (Å²) in [6.07, 6.45) is 0. The number of carbonyl (C=O) groups excluding carboxylic acids is 1. The van der Waals surface area contributed by atoms with Gasteiger partial charge in [-0.3, -0.25) is 4.79 Å². The van der Waals surface area contributed by atoms with Crippen molar-refractivity contribution in [3.63, 3.8) is 0 Å². The molecule has 0 spiro atoms. The Balaban J connectivity index is 1.48. The second kappa shape index (κ2) is 7.32. The van der Waals surface area contributed by atoms with Crippen LogP contribution in [0.4, 0.5) is 0 Å². The Morgan fingerprint density at radius 1 is 1.18 bits per heavy atom. The molecule has 0 atom stereocenters. The van der Waals surface area contributed by atoms with E-state index in [1.807, 2.05) is 30.3 Å². The van der Waals surface area contributed by atoms with E-state index in [-0.39, 0.29) is 16.7 Å². The minimum absolute atomic E-state index is 0.178. The summed E-state index contributed by atoms with van der Waals surface area (Å²) in [4.78, 5) is 15.0. The molecule has 0 saturated carbocycles. The summed E-state index contributed by atoms with van der Waals surface area (Å²) in [7, 11) is -0.456. The molecule has 28 heavy (non-hydrogen) atoms. The second-order valence-electron chi connectivity index (χ2n) is 6.44. The highest BCUT2D eigenvalue weighted by Crippen LogP contribution is 2.42. The molecule has 0 unspecified atom stereocenters. The van der Waals surface area contributed by atoms with Crippen LogP contribution in [0.15, 0.2) is 46.7 Å². The molecular weight excluding hydrogens is 416 g/mol. The fourth-order valence-electron chi connectivity index (χ4n) is 2.84. The summed E-state index contributed by atoms with van der Waals surface area (Å²) in [5.74, 6) is 0.652. The Bertz CT molecular complexity index is 1150. The van der Waals surface area contributed by atoms with E-state index in [9.17, 15) is 13.2 Å². The lowest BCUT2D eigenvalue weighted by atomic mass is 10.1. The summed E-state index contributed by atoms with van der Waals surface area (Å²) >= 11 is 2.61. The third-order valence-electron chi connectivity index (χ3n) is 4.34. The van der Waals surface area contributed by atoms with E-state index in [1.165, 1.54) is 29.7 Å². The van der Waals surface area contributed by atoms with Crippen molar-refractivity contribution >= 4 is 38.6 Å². The molecule has 2 aromatic heterocycles. The molecular formula is C19H18N2O4S3. The second-order valence-corrected chi connectivity index (χ2v) is 11.0. The molecule has 3 heterocycles. The van der Waals surface area contributed by atoms with Gasteiger partial charge < -0.3 is 10.1 Å². The summed E-state index contributed by atoms with van der Waals surface area (Å²) in [5, 5.41) is 2.88. The Kier molecular flexibility index (Phi) is 5.00. The van der Waals surface area contributed by atoms with Gasteiger partial charge in [-0.1, -0.05) is 12.1 Å². The van der Waals surface area contributed by atoms with Gasteiger partial charge in [0.1, 0.15) is 16.6 Å². The van der Waals surface area contributed by atoms with Crippen LogP contribution in [0.3, 0.4) is 0 Å². The highest BCUT2D eigenvalue weighted by molar-refractivity contribution is 7.91. The Morgan fingerprint density at radius 2 is 1.96 bits per heavy atom. The predicted octanol–water partition coefficient (Wildman–Crippen LogP) is 3.55. The number of carbonyl (C=O) groups is 1. The minimum atomic E-state index is -3.45. The fraction of sp³-hybridized carbons (Fsp3) is 0.211. The largest absolute Gasteiger partial charge is 0.488 e.